The van der Waals surface area contributed by atoms with Crippen LogP contribution in [0.5, 0.6) is 0 Å². The van der Waals surface area contributed by atoms with E-state index < -0.39 is 6.17 Å². The maximum Gasteiger partial charge on any atom is 0.104 e. The summed E-state index contributed by atoms with van der Waals surface area (Å²) in [5, 5.41) is 0.500. The van der Waals surface area contributed by atoms with Crippen LogP contribution in [-0.4, -0.2) is 16.4 Å². The van der Waals surface area contributed by atoms with Crippen LogP contribution in [0.4, 0.5) is 4.39 Å². The third-order valence-corrected chi connectivity index (χ3v) is 13.2. The number of hydrogen-bond donors (Lipinski definition) is 0. The van der Waals surface area contributed by atoms with Crippen molar-refractivity contribution in [3.8, 4) is 0 Å². The minimum Gasteiger partial charge on any atom is -0.247 e. The van der Waals surface area contributed by atoms with Gasteiger partial charge in [-0.25, -0.2) is 4.39 Å². The maximum atomic E-state index is 13.3. The summed E-state index contributed by atoms with van der Waals surface area (Å²) in [6.07, 6.45) is 25.6. The second-order valence-corrected chi connectivity index (χ2v) is 14.6. The maximum absolute atomic E-state index is 13.3. The average Bonchev–Trinajstić information content (AvgIpc) is 3.65. The van der Waals surface area contributed by atoms with Gasteiger partial charge in [0.25, 0.3) is 0 Å². The van der Waals surface area contributed by atoms with Crippen molar-refractivity contribution in [3.63, 3.8) is 0 Å². The zero-order valence-corrected chi connectivity index (χ0v) is 22.0. The number of rotatable bonds is 0. The Morgan fingerprint density at radius 2 is 1.00 bits per heavy atom. The largest absolute Gasteiger partial charge is 0.247 e. The fraction of sp³-hybridized carbons (Fsp3) is 0.800. The van der Waals surface area contributed by atoms with Crippen molar-refractivity contribution in [2.24, 2.45) is 71.0 Å². The Bertz CT molecular complexity index is 741. The van der Waals surface area contributed by atoms with Crippen LogP contribution in [0.15, 0.2) is 36.5 Å². The predicted octanol–water partition coefficient (Wildman–Crippen LogP) is 8.36. The topological polar surface area (TPSA) is 0 Å². The molecule has 3 heteroatoms. The number of halogens is 3. The number of allylic oxidation sites excluding steroid dienone is 6. The summed E-state index contributed by atoms with van der Waals surface area (Å²) in [5.74, 6) is 10.1. The predicted molar refractivity (Wildman–Crippen MR) is 138 cm³/mol. The lowest BCUT2D eigenvalue weighted by Crippen LogP contribution is -2.19. The molecule has 33 heavy (non-hydrogen) atoms. The van der Waals surface area contributed by atoms with E-state index in [1.165, 1.54) is 44.9 Å². The SMILES string of the molecule is BrC1CCC2C3C=CC(C3)C12.ClC1CCC2C3C=CC(C3)C12.FC1CCC2C3C=CC(C3)C12. The highest BCUT2D eigenvalue weighted by Gasteiger charge is 2.52. The van der Waals surface area contributed by atoms with Crippen molar-refractivity contribution < 1.29 is 4.39 Å². The van der Waals surface area contributed by atoms with Gasteiger partial charge in [0.05, 0.1) is 0 Å². The minimum atomic E-state index is -0.472. The Labute approximate surface area is 213 Å². The summed E-state index contributed by atoms with van der Waals surface area (Å²) >= 11 is 10.1. The Morgan fingerprint density at radius 1 is 0.545 bits per heavy atom. The quantitative estimate of drug-likeness (QED) is 0.217. The molecule has 0 heterocycles. The van der Waals surface area contributed by atoms with E-state index in [2.05, 4.69) is 52.4 Å². The van der Waals surface area contributed by atoms with Crippen LogP contribution in [-0.2, 0) is 0 Å². The van der Waals surface area contributed by atoms with Gasteiger partial charge in [0.2, 0.25) is 0 Å². The highest BCUT2D eigenvalue weighted by molar-refractivity contribution is 9.09. The zero-order chi connectivity index (χ0) is 22.3. The van der Waals surface area contributed by atoms with Crippen LogP contribution in [0.3, 0.4) is 0 Å². The van der Waals surface area contributed by atoms with Crippen LogP contribution in [0, 0.1) is 71.0 Å². The monoisotopic (exact) mass is 532 g/mol. The van der Waals surface area contributed by atoms with Crippen LogP contribution in [0.1, 0.15) is 57.8 Å². The summed E-state index contributed by atoms with van der Waals surface area (Å²) in [4.78, 5) is 0.840. The standard InChI is InChI=1S/C10H13Br.C10H13Cl.C10H13F/c3*11-9-4-3-8-6-1-2-7(5-6)10(8)9/h3*1-2,6-10H,3-5H2. The molecule has 0 aromatic rings. The lowest BCUT2D eigenvalue weighted by Gasteiger charge is -2.22. The molecule has 0 spiro atoms. The first-order chi connectivity index (χ1) is 16.1. The Kier molecular flexibility index (Phi) is 5.70. The van der Waals surface area contributed by atoms with Gasteiger partial charge in [0, 0.05) is 10.2 Å². The molecule has 180 valence electrons. The molecule has 9 rings (SSSR count). The highest BCUT2D eigenvalue weighted by atomic mass is 79.9. The van der Waals surface area contributed by atoms with E-state index in [1.54, 1.807) is 0 Å². The van der Waals surface area contributed by atoms with Crippen molar-refractivity contribution in [2.75, 3.05) is 0 Å². The summed E-state index contributed by atoms with van der Waals surface area (Å²) in [6.45, 7) is 0. The smallest absolute Gasteiger partial charge is 0.104 e. The zero-order valence-electron chi connectivity index (χ0n) is 19.6. The molecule has 0 aliphatic heterocycles. The molecule has 0 N–H and O–H groups in total. The molecule has 0 saturated heterocycles. The lowest BCUT2D eigenvalue weighted by molar-refractivity contribution is 0.214. The molecule has 15 atom stereocenters. The molecule has 9 aliphatic rings. The fourth-order valence-electron chi connectivity index (χ4n) is 10.3. The third kappa shape index (κ3) is 3.53. The van der Waals surface area contributed by atoms with E-state index in [9.17, 15) is 4.39 Å². The van der Waals surface area contributed by atoms with Gasteiger partial charge >= 0.3 is 0 Å². The Hall–Kier alpha value is -0.0800. The molecule has 6 fully saturated rings. The summed E-state index contributed by atoms with van der Waals surface area (Å²) in [7, 11) is 0. The second kappa shape index (κ2) is 8.50. The normalized spacial score (nSPS) is 58.8. The molecular weight excluding hydrogens is 495 g/mol. The van der Waals surface area contributed by atoms with Crippen LogP contribution in [0.2, 0.25) is 0 Å². The molecular formula is C30H39BrClF. The third-order valence-electron chi connectivity index (χ3n) is 11.6. The average molecular weight is 534 g/mol. The van der Waals surface area contributed by atoms with Gasteiger partial charge in [-0.3, -0.25) is 0 Å². The van der Waals surface area contributed by atoms with Gasteiger partial charge in [0.15, 0.2) is 0 Å². The molecule has 0 aromatic heterocycles. The van der Waals surface area contributed by atoms with Gasteiger partial charge in [-0.15, -0.1) is 11.6 Å². The molecule has 9 aliphatic carbocycles. The van der Waals surface area contributed by atoms with Crippen molar-refractivity contribution >= 4 is 27.5 Å². The molecule has 0 aromatic carbocycles. The van der Waals surface area contributed by atoms with Gasteiger partial charge in [-0.2, -0.15) is 0 Å². The van der Waals surface area contributed by atoms with E-state index >= 15 is 0 Å². The van der Waals surface area contributed by atoms with E-state index in [-0.39, 0.29) is 0 Å². The second-order valence-electron chi connectivity index (χ2n) is 12.8. The van der Waals surface area contributed by atoms with E-state index in [1.807, 2.05) is 0 Å². The van der Waals surface area contributed by atoms with Gasteiger partial charge in [-0.05, 0) is 129 Å². The first-order valence-corrected chi connectivity index (χ1v) is 15.4. The minimum absolute atomic E-state index is 0.421. The first-order valence-electron chi connectivity index (χ1n) is 14.1. The highest BCUT2D eigenvalue weighted by Crippen LogP contribution is 2.58. The Morgan fingerprint density at radius 3 is 1.58 bits per heavy atom. The molecule has 0 radical (unpaired) electrons. The summed E-state index contributed by atoms with van der Waals surface area (Å²) in [6, 6.07) is 0. The molecule has 0 nitrogen and oxygen atoms in total. The molecule has 6 bridgehead atoms. The number of fused-ring (bicyclic) bond motifs is 15. The Balaban J connectivity index is 0.0000000864. The molecule has 6 saturated carbocycles. The summed E-state index contributed by atoms with van der Waals surface area (Å²) < 4.78 is 13.3. The molecule has 0 amide bonds. The van der Waals surface area contributed by atoms with E-state index in [4.69, 9.17) is 11.6 Å². The van der Waals surface area contributed by atoms with Gasteiger partial charge < -0.3 is 0 Å². The fourth-order valence-corrected chi connectivity index (χ4v) is 11.9. The van der Waals surface area contributed by atoms with Crippen LogP contribution in [0.25, 0.3) is 0 Å². The van der Waals surface area contributed by atoms with Crippen molar-refractivity contribution in [1.82, 2.24) is 0 Å². The van der Waals surface area contributed by atoms with Crippen molar-refractivity contribution in [3.05, 3.63) is 36.5 Å². The van der Waals surface area contributed by atoms with Crippen molar-refractivity contribution in [2.45, 2.75) is 74.2 Å². The van der Waals surface area contributed by atoms with E-state index in [0.29, 0.717) is 17.2 Å². The van der Waals surface area contributed by atoms with Crippen LogP contribution < -0.4 is 0 Å². The van der Waals surface area contributed by atoms with Gasteiger partial charge in [0.1, 0.15) is 6.17 Å². The lowest BCUT2D eigenvalue weighted by atomic mass is 9.85. The first kappa shape index (κ1) is 22.1. The number of hydrogen-bond acceptors (Lipinski definition) is 0. The van der Waals surface area contributed by atoms with Gasteiger partial charge in [-0.1, -0.05) is 52.4 Å². The summed E-state index contributed by atoms with van der Waals surface area (Å²) in [5.41, 5.74) is 0. The number of alkyl halides is 3. The molecule has 15 unspecified atom stereocenters. The van der Waals surface area contributed by atoms with Crippen LogP contribution >= 0.6 is 27.5 Å². The van der Waals surface area contributed by atoms with E-state index in [0.717, 1.165) is 76.8 Å². The van der Waals surface area contributed by atoms with Crippen molar-refractivity contribution in [1.29, 1.82) is 0 Å².